The van der Waals surface area contributed by atoms with Crippen molar-refractivity contribution in [2.24, 2.45) is 0 Å². The fourth-order valence-electron chi connectivity index (χ4n) is 3.65. The van der Waals surface area contributed by atoms with Gasteiger partial charge < -0.3 is 9.84 Å². The Labute approximate surface area is 161 Å². The molecule has 0 aliphatic carbocycles. The van der Waals surface area contributed by atoms with Gasteiger partial charge in [-0.2, -0.15) is 0 Å². The minimum atomic E-state index is -1.55. The summed E-state index contributed by atoms with van der Waals surface area (Å²) >= 11 is 0. The molecular weight excluding hydrogens is 371 g/mol. The number of benzene rings is 2. The zero-order chi connectivity index (χ0) is 20.3. The van der Waals surface area contributed by atoms with Gasteiger partial charge in [0.1, 0.15) is 6.61 Å². The molecule has 7 heteroatoms. The van der Waals surface area contributed by atoms with Gasteiger partial charge in [-0.3, -0.25) is 4.90 Å². The van der Waals surface area contributed by atoms with E-state index in [1.54, 1.807) is 19.1 Å². The van der Waals surface area contributed by atoms with E-state index >= 15 is 0 Å². The zero-order valence-corrected chi connectivity index (χ0v) is 15.4. The van der Waals surface area contributed by atoms with E-state index in [-0.39, 0.29) is 12.2 Å². The second kappa shape index (κ2) is 8.65. The van der Waals surface area contributed by atoms with Gasteiger partial charge in [0.05, 0.1) is 18.2 Å². The molecule has 0 aromatic heterocycles. The molecule has 1 amide bonds. The van der Waals surface area contributed by atoms with Crippen molar-refractivity contribution in [2.45, 2.75) is 51.0 Å². The highest BCUT2D eigenvalue weighted by Crippen LogP contribution is 2.37. The van der Waals surface area contributed by atoms with E-state index in [1.807, 2.05) is 18.2 Å². The maximum atomic E-state index is 13.7. The Bertz CT molecular complexity index is 806. The Morgan fingerprint density at radius 3 is 2.43 bits per heavy atom. The van der Waals surface area contributed by atoms with E-state index in [0.29, 0.717) is 19.3 Å². The Balaban J connectivity index is 1.88. The van der Waals surface area contributed by atoms with Crippen molar-refractivity contribution in [1.29, 1.82) is 0 Å². The summed E-state index contributed by atoms with van der Waals surface area (Å²) in [6, 6.07) is 9.57. The van der Waals surface area contributed by atoms with Crippen molar-refractivity contribution in [2.75, 3.05) is 0 Å². The number of halogens is 3. The van der Waals surface area contributed by atoms with Gasteiger partial charge in [0.15, 0.2) is 17.5 Å². The monoisotopic (exact) mass is 393 g/mol. The third-order valence-corrected chi connectivity index (χ3v) is 5.03. The zero-order valence-electron chi connectivity index (χ0n) is 15.4. The predicted molar refractivity (Wildman–Crippen MR) is 96.8 cm³/mol. The number of aliphatic hydroxyl groups is 1. The van der Waals surface area contributed by atoms with Crippen LogP contribution in [0.4, 0.5) is 18.0 Å². The minimum Gasteiger partial charge on any atom is -0.445 e. The summed E-state index contributed by atoms with van der Waals surface area (Å²) in [5.74, 6) is -4.18. The fourth-order valence-corrected chi connectivity index (χ4v) is 3.65. The maximum absolute atomic E-state index is 13.7. The number of piperidine rings is 1. The molecule has 1 aliphatic heterocycles. The number of aliphatic hydroxyl groups excluding tert-OH is 1. The molecule has 4 nitrogen and oxygen atoms in total. The molecule has 0 saturated carbocycles. The van der Waals surface area contributed by atoms with Crippen molar-refractivity contribution < 1.29 is 27.8 Å². The summed E-state index contributed by atoms with van der Waals surface area (Å²) in [7, 11) is 0. The van der Waals surface area contributed by atoms with E-state index in [4.69, 9.17) is 4.74 Å². The molecule has 0 radical (unpaired) electrons. The largest absolute Gasteiger partial charge is 0.445 e. The number of likely N-dealkylation sites (tertiary alicyclic amines) is 1. The Morgan fingerprint density at radius 1 is 1.18 bits per heavy atom. The van der Waals surface area contributed by atoms with Crippen molar-refractivity contribution in [3.05, 3.63) is 71.0 Å². The number of hydrogen-bond acceptors (Lipinski definition) is 3. The van der Waals surface area contributed by atoms with E-state index in [2.05, 4.69) is 0 Å². The second-order valence-electron chi connectivity index (χ2n) is 7.00. The van der Waals surface area contributed by atoms with Crippen LogP contribution in [0.3, 0.4) is 0 Å². The van der Waals surface area contributed by atoms with Crippen LogP contribution in [0.25, 0.3) is 0 Å². The first-order valence-electron chi connectivity index (χ1n) is 9.20. The number of carbonyl (C=O) groups is 1. The van der Waals surface area contributed by atoms with Crippen LogP contribution in [0.15, 0.2) is 42.5 Å². The van der Waals surface area contributed by atoms with Gasteiger partial charge in [0.25, 0.3) is 0 Å². The molecule has 1 fully saturated rings. The molecule has 1 heterocycles. The van der Waals surface area contributed by atoms with Crippen molar-refractivity contribution >= 4 is 6.09 Å². The first kappa shape index (κ1) is 20.2. The van der Waals surface area contributed by atoms with Crippen molar-refractivity contribution in [3.63, 3.8) is 0 Å². The molecule has 150 valence electrons. The van der Waals surface area contributed by atoms with Gasteiger partial charge in [0, 0.05) is 0 Å². The highest BCUT2D eigenvalue weighted by atomic mass is 19.2. The van der Waals surface area contributed by atoms with Crippen LogP contribution in [0.5, 0.6) is 0 Å². The third kappa shape index (κ3) is 4.30. The number of amides is 1. The van der Waals surface area contributed by atoms with Crippen LogP contribution in [0.2, 0.25) is 0 Å². The minimum absolute atomic E-state index is 0.0293. The summed E-state index contributed by atoms with van der Waals surface area (Å²) in [6.45, 7) is 1.58. The lowest BCUT2D eigenvalue weighted by molar-refractivity contribution is -0.00459. The van der Waals surface area contributed by atoms with Gasteiger partial charge in [-0.25, -0.2) is 18.0 Å². The van der Waals surface area contributed by atoms with Crippen LogP contribution >= 0.6 is 0 Å². The summed E-state index contributed by atoms with van der Waals surface area (Å²) in [5.41, 5.74) is 0.926. The molecule has 1 N–H and O–H groups in total. The molecule has 3 rings (SSSR count). The normalized spacial score (nSPS) is 20.7. The summed E-state index contributed by atoms with van der Waals surface area (Å²) in [4.78, 5) is 14.2. The van der Waals surface area contributed by atoms with Gasteiger partial charge in [-0.15, -0.1) is 0 Å². The number of hydrogen-bond donors (Lipinski definition) is 1. The molecule has 2 aromatic rings. The summed E-state index contributed by atoms with van der Waals surface area (Å²) in [5, 5.41) is 10.1. The lowest BCUT2D eigenvalue weighted by atomic mass is 9.89. The van der Waals surface area contributed by atoms with Crippen LogP contribution in [-0.4, -0.2) is 28.2 Å². The molecule has 0 spiro atoms. The third-order valence-electron chi connectivity index (χ3n) is 5.03. The lowest BCUT2D eigenvalue weighted by Gasteiger charge is -2.42. The average Bonchev–Trinajstić information content (AvgIpc) is 2.70. The molecule has 28 heavy (non-hydrogen) atoms. The topological polar surface area (TPSA) is 49.8 Å². The molecule has 3 atom stereocenters. The summed E-state index contributed by atoms with van der Waals surface area (Å²) < 4.78 is 46.2. The van der Waals surface area contributed by atoms with Gasteiger partial charge in [-0.05, 0) is 49.4 Å². The SMILES string of the molecule is C[C@H](O)[C@H]1CCC[C@@H](c2cc(F)c(F)c(F)c2)N1C(=O)OCc1ccccc1. The Kier molecular flexibility index (Phi) is 6.24. The van der Waals surface area contributed by atoms with Gasteiger partial charge >= 0.3 is 6.09 Å². The standard InChI is InChI=1S/C21H22F3NO3/c1-13(26)18-8-5-9-19(15-10-16(22)20(24)17(23)11-15)25(18)21(27)28-12-14-6-3-2-4-7-14/h2-4,6-7,10-11,13,18-19,26H,5,8-9,12H2,1H3/t13-,18+,19-/m0/s1. The van der Waals surface area contributed by atoms with Crippen LogP contribution in [0.1, 0.15) is 43.4 Å². The molecular formula is C21H22F3NO3. The van der Waals surface area contributed by atoms with E-state index in [1.165, 1.54) is 4.90 Å². The molecule has 0 bridgehead atoms. The van der Waals surface area contributed by atoms with Crippen molar-refractivity contribution in [3.8, 4) is 0 Å². The van der Waals surface area contributed by atoms with Gasteiger partial charge in [0.2, 0.25) is 0 Å². The van der Waals surface area contributed by atoms with E-state index in [9.17, 15) is 23.1 Å². The number of ether oxygens (including phenoxy) is 1. The van der Waals surface area contributed by atoms with Crippen LogP contribution in [-0.2, 0) is 11.3 Å². The van der Waals surface area contributed by atoms with E-state index < -0.39 is 41.7 Å². The van der Waals surface area contributed by atoms with Crippen LogP contribution < -0.4 is 0 Å². The average molecular weight is 393 g/mol. The number of rotatable bonds is 4. The molecule has 2 aromatic carbocycles. The van der Waals surface area contributed by atoms with Crippen molar-refractivity contribution in [1.82, 2.24) is 4.90 Å². The van der Waals surface area contributed by atoms with E-state index in [0.717, 1.165) is 17.7 Å². The maximum Gasteiger partial charge on any atom is 0.410 e. The second-order valence-corrected chi connectivity index (χ2v) is 7.00. The lowest BCUT2D eigenvalue weighted by Crippen LogP contribution is -2.50. The quantitative estimate of drug-likeness (QED) is 0.765. The Morgan fingerprint density at radius 2 is 1.82 bits per heavy atom. The van der Waals surface area contributed by atoms with Crippen LogP contribution in [0, 0.1) is 17.5 Å². The first-order chi connectivity index (χ1) is 13.4. The summed E-state index contributed by atoms with van der Waals surface area (Å²) in [6.07, 6.45) is 0.0462. The molecule has 0 unspecified atom stereocenters. The number of carbonyl (C=O) groups excluding carboxylic acids is 1. The highest BCUT2D eigenvalue weighted by Gasteiger charge is 2.39. The fraction of sp³-hybridized carbons (Fsp3) is 0.381. The number of nitrogens with zero attached hydrogens (tertiary/aromatic N) is 1. The smallest absolute Gasteiger partial charge is 0.410 e. The van der Waals surface area contributed by atoms with Gasteiger partial charge in [-0.1, -0.05) is 30.3 Å². The molecule has 1 aliphatic rings. The first-order valence-corrected chi connectivity index (χ1v) is 9.20. The predicted octanol–water partition coefficient (Wildman–Crippen LogP) is 4.72. The molecule has 1 saturated heterocycles. The Hall–Kier alpha value is -2.54. The highest BCUT2D eigenvalue weighted by molar-refractivity contribution is 5.69.